The molecule has 22 heavy (non-hydrogen) atoms. The molecule has 1 aromatic heterocycles. The highest BCUT2D eigenvalue weighted by Crippen LogP contribution is 2.19. The van der Waals surface area contributed by atoms with E-state index < -0.39 is 0 Å². The number of anilines is 3. The van der Waals surface area contributed by atoms with Crippen LogP contribution in [-0.2, 0) is 0 Å². The Hall–Kier alpha value is -2.30. The maximum atomic E-state index is 5.43. The van der Waals surface area contributed by atoms with Gasteiger partial charge in [-0.05, 0) is 43.7 Å². The summed E-state index contributed by atoms with van der Waals surface area (Å²) < 4.78 is 5.43. The van der Waals surface area contributed by atoms with Crippen LogP contribution in [0.5, 0.6) is 5.75 Å². The molecule has 0 atom stereocenters. The first-order valence-electron chi connectivity index (χ1n) is 7.88. The van der Waals surface area contributed by atoms with E-state index in [4.69, 9.17) is 4.74 Å². The van der Waals surface area contributed by atoms with Gasteiger partial charge in [-0.2, -0.15) is 4.98 Å². The molecule has 1 aromatic carbocycles. The summed E-state index contributed by atoms with van der Waals surface area (Å²) in [5, 5.41) is 6.52. The van der Waals surface area contributed by atoms with E-state index in [2.05, 4.69) is 27.5 Å². The van der Waals surface area contributed by atoms with Gasteiger partial charge < -0.3 is 15.4 Å². The van der Waals surface area contributed by atoms with Gasteiger partial charge in [-0.1, -0.05) is 19.8 Å². The van der Waals surface area contributed by atoms with Crippen LogP contribution in [0.15, 0.2) is 36.5 Å². The lowest BCUT2D eigenvalue weighted by Crippen LogP contribution is -2.06. The van der Waals surface area contributed by atoms with Gasteiger partial charge in [-0.25, -0.2) is 4.98 Å². The molecule has 0 aliphatic rings. The third-order valence-electron chi connectivity index (χ3n) is 3.16. The molecule has 0 fully saturated rings. The Balaban J connectivity index is 1.91. The van der Waals surface area contributed by atoms with Gasteiger partial charge in [0, 0.05) is 18.4 Å². The molecule has 0 bridgehead atoms. The lowest BCUT2D eigenvalue weighted by molar-refractivity contribution is 0.340. The maximum Gasteiger partial charge on any atom is 0.224 e. The zero-order chi connectivity index (χ0) is 15.6. The van der Waals surface area contributed by atoms with Crippen LogP contribution in [0.1, 0.15) is 33.1 Å². The molecule has 0 spiro atoms. The summed E-state index contributed by atoms with van der Waals surface area (Å²) in [5.74, 6) is 2.30. The molecular weight excluding hydrogens is 276 g/mol. The van der Waals surface area contributed by atoms with Crippen LogP contribution in [0, 0.1) is 0 Å². The largest absolute Gasteiger partial charge is 0.494 e. The lowest BCUT2D eigenvalue weighted by Gasteiger charge is -2.09. The Morgan fingerprint density at radius 2 is 1.86 bits per heavy atom. The summed E-state index contributed by atoms with van der Waals surface area (Å²) in [6.07, 6.45) is 5.32. The number of unbranched alkanes of at least 4 members (excludes halogenated alkanes) is 2. The summed E-state index contributed by atoms with van der Waals surface area (Å²) in [5.41, 5.74) is 0.971. The van der Waals surface area contributed by atoms with Crippen LogP contribution in [0.4, 0.5) is 17.5 Å². The van der Waals surface area contributed by atoms with Crippen molar-refractivity contribution in [2.45, 2.75) is 33.1 Å². The molecule has 0 aliphatic carbocycles. The van der Waals surface area contributed by atoms with E-state index in [1.54, 1.807) is 6.20 Å². The predicted octanol–water partition coefficient (Wildman–Crippen LogP) is 4.22. The second-order valence-electron chi connectivity index (χ2n) is 4.98. The summed E-state index contributed by atoms with van der Waals surface area (Å²) in [6, 6.07) is 9.68. The van der Waals surface area contributed by atoms with Crippen molar-refractivity contribution < 1.29 is 4.74 Å². The second-order valence-corrected chi connectivity index (χ2v) is 4.98. The number of nitrogens with zero attached hydrogens (tertiary/aromatic N) is 2. The third kappa shape index (κ3) is 5.24. The number of hydrogen-bond acceptors (Lipinski definition) is 5. The average molecular weight is 300 g/mol. The van der Waals surface area contributed by atoms with Gasteiger partial charge in [0.25, 0.3) is 0 Å². The van der Waals surface area contributed by atoms with Gasteiger partial charge >= 0.3 is 0 Å². The van der Waals surface area contributed by atoms with Crippen molar-refractivity contribution in [3.05, 3.63) is 36.5 Å². The molecule has 0 unspecified atom stereocenters. The minimum atomic E-state index is 0.659. The standard InChI is InChI=1S/C17H24N4O/c1-3-5-6-12-18-17-19-13-11-16(21-17)20-14-7-9-15(10-8-14)22-4-2/h7-11,13H,3-6,12H2,1-2H3,(H2,18,19,20,21). The van der Waals surface area contributed by atoms with Gasteiger partial charge in [0.15, 0.2) is 0 Å². The number of aromatic nitrogens is 2. The number of ether oxygens (including phenoxy) is 1. The Labute approximate surface area is 132 Å². The van der Waals surface area contributed by atoms with Gasteiger partial charge in [0.1, 0.15) is 11.6 Å². The molecule has 0 aliphatic heterocycles. The minimum Gasteiger partial charge on any atom is -0.494 e. The molecular formula is C17H24N4O. The minimum absolute atomic E-state index is 0.659. The highest BCUT2D eigenvalue weighted by Gasteiger charge is 2.00. The van der Waals surface area contributed by atoms with Crippen LogP contribution in [0.2, 0.25) is 0 Å². The molecule has 0 saturated carbocycles. The summed E-state index contributed by atoms with van der Waals surface area (Å²) in [6.45, 7) is 5.74. The number of nitrogens with one attached hydrogen (secondary N) is 2. The third-order valence-corrected chi connectivity index (χ3v) is 3.16. The van der Waals surface area contributed by atoms with E-state index in [1.165, 1.54) is 12.8 Å². The lowest BCUT2D eigenvalue weighted by atomic mass is 10.2. The zero-order valence-electron chi connectivity index (χ0n) is 13.3. The van der Waals surface area contributed by atoms with Crippen molar-refractivity contribution in [2.24, 2.45) is 0 Å². The maximum absolute atomic E-state index is 5.43. The normalized spacial score (nSPS) is 10.3. The molecule has 2 N–H and O–H groups in total. The smallest absolute Gasteiger partial charge is 0.224 e. The number of benzene rings is 1. The Morgan fingerprint density at radius 3 is 2.59 bits per heavy atom. The van der Waals surface area contributed by atoms with E-state index >= 15 is 0 Å². The first-order valence-corrected chi connectivity index (χ1v) is 7.88. The fraction of sp³-hybridized carbons (Fsp3) is 0.412. The van der Waals surface area contributed by atoms with Gasteiger partial charge in [0.2, 0.25) is 5.95 Å². The molecule has 2 rings (SSSR count). The van der Waals surface area contributed by atoms with Crippen LogP contribution in [-0.4, -0.2) is 23.1 Å². The molecule has 5 nitrogen and oxygen atoms in total. The highest BCUT2D eigenvalue weighted by atomic mass is 16.5. The van der Waals surface area contributed by atoms with E-state index in [-0.39, 0.29) is 0 Å². The molecule has 0 amide bonds. The number of rotatable bonds is 9. The monoisotopic (exact) mass is 300 g/mol. The molecule has 118 valence electrons. The SMILES string of the molecule is CCCCCNc1nccc(Nc2ccc(OCC)cc2)n1. The zero-order valence-corrected chi connectivity index (χ0v) is 13.3. The van der Waals surface area contributed by atoms with Crippen molar-refractivity contribution in [1.29, 1.82) is 0 Å². The van der Waals surface area contributed by atoms with Gasteiger partial charge in [-0.3, -0.25) is 0 Å². The van der Waals surface area contributed by atoms with Crippen molar-refractivity contribution in [3.63, 3.8) is 0 Å². The quantitative estimate of drug-likeness (QED) is 0.679. The molecule has 1 heterocycles. The van der Waals surface area contributed by atoms with E-state index in [0.29, 0.717) is 12.6 Å². The number of hydrogen-bond donors (Lipinski definition) is 2. The van der Waals surface area contributed by atoms with E-state index in [1.807, 2.05) is 37.3 Å². The van der Waals surface area contributed by atoms with Crippen LogP contribution >= 0.6 is 0 Å². The summed E-state index contributed by atoms with van der Waals surface area (Å²) in [4.78, 5) is 8.69. The van der Waals surface area contributed by atoms with Gasteiger partial charge in [0.05, 0.1) is 6.61 Å². The predicted molar refractivity (Wildman–Crippen MR) is 90.9 cm³/mol. The Bertz CT molecular complexity index is 557. The average Bonchev–Trinajstić information content (AvgIpc) is 2.54. The van der Waals surface area contributed by atoms with E-state index in [0.717, 1.165) is 30.2 Å². The van der Waals surface area contributed by atoms with Crippen LogP contribution in [0.3, 0.4) is 0 Å². The van der Waals surface area contributed by atoms with Crippen molar-refractivity contribution >= 4 is 17.5 Å². The molecule has 5 heteroatoms. The molecule has 2 aromatic rings. The van der Waals surface area contributed by atoms with Gasteiger partial charge in [-0.15, -0.1) is 0 Å². The Morgan fingerprint density at radius 1 is 1.05 bits per heavy atom. The molecule has 0 radical (unpaired) electrons. The molecule has 0 saturated heterocycles. The summed E-state index contributed by atoms with van der Waals surface area (Å²) in [7, 11) is 0. The van der Waals surface area contributed by atoms with Crippen molar-refractivity contribution in [2.75, 3.05) is 23.8 Å². The van der Waals surface area contributed by atoms with E-state index in [9.17, 15) is 0 Å². The fourth-order valence-electron chi connectivity index (χ4n) is 2.04. The van der Waals surface area contributed by atoms with Crippen molar-refractivity contribution in [1.82, 2.24) is 9.97 Å². The fourth-order valence-corrected chi connectivity index (χ4v) is 2.04. The van der Waals surface area contributed by atoms with Crippen LogP contribution in [0.25, 0.3) is 0 Å². The van der Waals surface area contributed by atoms with Crippen molar-refractivity contribution in [3.8, 4) is 5.75 Å². The Kier molecular flexibility index (Phi) is 6.48. The first kappa shape index (κ1) is 16.1. The summed E-state index contributed by atoms with van der Waals surface area (Å²) >= 11 is 0. The first-order chi connectivity index (χ1) is 10.8. The van der Waals surface area contributed by atoms with Crippen LogP contribution < -0.4 is 15.4 Å². The topological polar surface area (TPSA) is 59.1 Å². The highest BCUT2D eigenvalue weighted by molar-refractivity contribution is 5.57. The second kappa shape index (κ2) is 8.87.